The molecule has 1 atom stereocenters. The molecule has 2 fully saturated rings. The molecule has 28 heavy (non-hydrogen) atoms. The molecule has 0 aliphatic carbocycles. The molecule has 154 valence electrons. The van der Waals surface area contributed by atoms with Crippen LogP contribution in [0.3, 0.4) is 0 Å². The molecule has 1 amide bonds. The van der Waals surface area contributed by atoms with Crippen molar-refractivity contribution < 1.29 is 9.32 Å². The number of aromatic nitrogens is 2. The van der Waals surface area contributed by atoms with Gasteiger partial charge < -0.3 is 14.7 Å². The van der Waals surface area contributed by atoms with Crippen molar-refractivity contribution in [1.82, 2.24) is 25.3 Å². The minimum atomic E-state index is 0. The topological polar surface area (TPSA) is 74.5 Å². The van der Waals surface area contributed by atoms with Gasteiger partial charge in [-0.05, 0) is 37.2 Å². The summed E-state index contributed by atoms with van der Waals surface area (Å²) in [7, 11) is 0. The number of piperazine rings is 1. The number of halogens is 3. The van der Waals surface area contributed by atoms with Crippen LogP contribution in [0, 0.1) is 5.92 Å². The molecule has 1 aromatic carbocycles. The summed E-state index contributed by atoms with van der Waals surface area (Å²) in [6.07, 6.45) is 0.953. The summed E-state index contributed by atoms with van der Waals surface area (Å²) in [6, 6.07) is 7.37. The maximum absolute atomic E-state index is 12.5. The van der Waals surface area contributed by atoms with Crippen LogP contribution in [0.15, 0.2) is 28.8 Å². The predicted octanol–water partition coefficient (Wildman–Crippen LogP) is 2.49. The van der Waals surface area contributed by atoms with E-state index in [0.717, 1.165) is 51.3 Å². The summed E-state index contributed by atoms with van der Waals surface area (Å²) < 4.78 is 5.38. The van der Waals surface area contributed by atoms with E-state index < -0.39 is 0 Å². The summed E-state index contributed by atoms with van der Waals surface area (Å²) in [5, 5.41) is 7.99. The lowest BCUT2D eigenvalue weighted by atomic mass is 10.1. The van der Waals surface area contributed by atoms with E-state index in [1.165, 1.54) is 0 Å². The molecule has 0 spiro atoms. The SMILES string of the molecule is Cl.Cl.O=C(C1CCNC1)N1CCN(Cc2nc(-c3ccc(Cl)cc3)no2)CC1. The van der Waals surface area contributed by atoms with Crippen molar-refractivity contribution in [2.75, 3.05) is 39.3 Å². The van der Waals surface area contributed by atoms with Crippen molar-refractivity contribution in [3.8, 4) is 11.4 Å². The molecule has 1 N–H and O–H groups in total. The van der Waals surface area contributed by atoms with E-state index in [2.05, 4.69) is 20.4 Å². The Hall–Kier alpha value is -1.38. The van der Waals surface area contributed by atoms with Gasteiger partial charge in [0.15, 0.2) is 0 Å². The average Bonchev–Trinajstić information content (AvgIpc) is 3.35. The highest BCUT2D eigenvalue weighted by Crippen LogP contribution is 2.20. The molecular formula is C18H24Cl3N5O2. The molecule has 0 saturated carbocycles. The van der Waals surface area contributed by atoms with Gasteiger partial charge in [-0.3, -0.25) is 9.69 Å². The molecular weight excluding hydrogens is 425 g/mol. The van der Waals surface area contributed by atoms with Crippen molar-refractivity contribution in [3.05, 3.63) is 35.2 Å². The van der Waals surface area contributed by atoms with Gasteiger partial charge in [0.1, 0.15) is 0 Å². The molecule has 1 unspecified atom stereocenters. The molecule has 0 radical (unpaired) electrons. The fourth-order valence-electron chi connectivity index (χ4n) is 3.48. The van der Waals surface area contributed by atoms with E-state index in [1.807, 2.05) is 29.2 Å². The maximum Gasteiger partial charge on any atom is 0.241 e. The van der Waals surface area contributed by atoms with Crippen LogP contribution in [-0.2, 0) is 11.3 Å². The van der Waals surface area contributed by atoms with Crippen molar-refractivity contribution in [2.45, 2.75) is 13.0 Å². The molecule has 2 aromatic rings. The van der Waals surface area contributed by atoms with Crippen molar-refractivity contribution in [2.24, 2.45) is 5.92 Å². The third kappa shape index (κ3) is 5.36. The number of nitrogens with one attached hydrogen (secondary N) is 1. The third-order valence-corrected chi connectivity index (χ3v) is 5.27. The average molecular weight is 449 g/mol. The Balaban J connectivity index is 0.00000140. The Morgan fingerprint density at radius 3 is 2.54 bits per heavy atom. The van der Waals surface area contributed by atoms with Gasteiger partial charge in [0.25, 0.3) is 0 Å². The van der Waals surface area contributed by atoms with Gasteiger partial charge in [0.2, 0.25) is 17.6 Å². The first-order valence-electron chi connectivity index (χ1n) is 8.99. The van der Waals surface area contributed by atoms with Gasteiger partial charge in [0.05, 0.1) is 12.5 Å². The maximum atomic E-state index is 12.5. The van der Waals surface area contributed by atoms with Crippen molar-refractivity contribution in [1.29, 1.82) is 0 Å². The molecule has 1 aromatic heterocycles. The summed E-state index contributed by atoms with van der Waals surface area (Å²) in [4.78, 5) is 21.2. The number of amides is 1. The van der Waals surface area contributed by atoms with Crippen LogP contribution in [0.5, 0.6) is 0 Å². The van der Waals surface area contributed by atoms with Crippen molar-refractivity contribution in [3.63, 3.8) is 0 Å². The Labute approximate surface area is 181 Å². The molecule has 2 aliphatic heterocycles. The van der Waals surface area contributed by atoms with Crippen LogP contribution < -0.4 is 5.32 Å². The Kier molecular flexibility index (Phi) is 8.52. The lowest BCUT2D eigenvalue weighted by Gasteiger charge is -2.35. The van der Waals surface area contributed by atoms with E-state index in [9.17, 15) is 4.79 Å². The number of nitrogens with zero attached hydrogens (tertiary/aromatic N) is 4. The standard InChI is InChI=1S/C18H22ClN5O2.2ClH/c19-15-3-1-13(2-4-15)17-21-16(26-22-17)12-23-7-9-24(10-8-23)18(25)14-5-6-20-11-14;;/h1-4,14,20H,5-12H2;2*1H. The fourth-order valence-corrected chi connectivity index (χ4v) is 3.60. The summed E-state index contributed by atoms with van der Waals surface area (Å²) in [6.45, 7) is 5.53. The van der Waals surface area contributed by atoms with E-state index in [-0.39, 0.29) is 36.6 Å². The van der Waals surface area contributed by atoms with Gasteiger partial charge in [-0.15, -0.1) is 24.8 Å². The van der Waals surface area contributed by atoms with E-state index >= 15 is 0 Å². The lowest BCUT2D eigenvalue weighted by Crippen LogP contribution is -2.50. The van der Waals surface area contributed by atoms with E-state index in [0.29, 0.717) is 23.3 Å². The van der Waals surface area contributed by atoms with Crippen LogP contribution in [-0.4, -0.2) is 65.1 Å². The van der Waals surface area contributed by atoms with Crippen LogP contribution in [0.1, 0.15) is 12.3 Å². The second-order valence-corrected chi connectivity index (χ2v) is 7.25. The number of carbonyl (C=O) groups is 1. The van der Waals surface area contributed by atoms with Gasteiger partial charge >= 0.3 is 0 Å². The van der Waals surface area contributed by atoms with Crippen LogP contribution in [0.2, 0.25) is 5.02 Å². The quantitative estimate of drug-likeness (QED) is 0.774. The summed E-state index contributed by atoms with van der Waals surface area (Å²) >= 11 is 5.91. The van der Waals surface area contributed by atoms with Gasteiger partial charge in [-0.1, -0.05) is 16.8 Å². The van der Waals surface area contributed by atoms with Crippen LogP contribution in [0.25, 0.3) is 11.4 Å². The number of benzene rings is 1. The summed E-state index contributed by atoms with van der Waals surface area (Å²) in [5.41, 5.74) is 0.880. The molecule has 10 heteroatoms. The highest BCUT2D eigenvalue weighted by Gasteiger charge is 2.29. The zero-order valence-corrected chi connectivity index (χ0v) is 17.7. The van der Waals surface area contributed by atoms with Gasteiger partial charge in [-0.25, -0.2) is 0 Å². The first-order valence-corrected chi connectivity index (χ1v) is 9.37. The normalized spacial score (nSPS) is 19.8. The first kappa shape index (κ1) is 22.9. The van der Waals surface area contributed by atoms with Crippen LogP contribution >= 0.6 is 36.4 Å². The minimum absolute atomic E-state index is 0. The number of rotatable bonds is 4. The van der Waals surface area contributed by atoms with Crippen LogP contribution in [0.4, 0.5) is 0 Å². The second kappa shape index (κ2) is 10.4. The predicted molar refractivity (Wildman–Crippen MR) is 112 cm³/mol. The minimum Gasteiger partial charge on any atom is -0.340 e. The first-order chi connectivity index (χ1) is 12.7. The zero-order valence-electron chi connectivity index (χ0n) is 15.3. The molecule has 2 saturated heterocycles. The molecule has 0 bridgehead atoms. The highest BCUT2D eigenvalue weighted by atomic mass is 35.5. The molecule has 2 aliphatic rings. The third-order valence-electron chi connectivity index (χ3n) is 5.02. The van der Waals surface area contributed by atoms with Gasteiger partial charge in [-0.2, -0.15) is 4.98 Å². The molecule has 3 heterocycles. The number of carbonyl (C=O) groups excluding carboxylic acids is 1. The zero-order chi connectivity index (χ0) is 17.9. The highest BCUT2D eigenvalue weighted by molar-refractivity contribution is 6.30. The van der Waals surface area contributed by atoms with E-state index in [4.69, 9.17) is 16.1 Å². The number of hydrogen-bond donors (Lipinski definition) is 1. The Morgan fingerprint density at radius 2 is 1.89 bits per heavy atom. The fraction of sp³-hybridized carbons (Fsp3) is 0.500. The Morgan fingerprint density at radius 1 is 1.18 bits per heavy atom. The number of hydrogen-bond acceptors (Lipinski definition) is 6. The van der Waals surface area contributed by atoms with Crippen molar-refractivity contribution >= 4 is 42.3 Å². The van der Waals surface area contributed by atoms with Gasteiger partial charge in [0, 0.05) is 43.3 Å². The second-order valence-electron chi connectivity index (χ2n) is 6.81. The molecule has 7 nitrogen and oxygen atoms in total. The largest absolute Gasteiger partial charge is 0.340 e. The van der Waals surface area contributed by atoms with E-state index in [1.54, 1.807) is 0 Å². The summed E-state index contributed by atoms with van der Waals surface area (Å²) in [5.74, 6) is 1.60. The Bertz CT molecular complexity index is 757. The smallest absolute Gasteiger partial charge is 0.241 e. The lowest BCUT2D eigenvalue weighted by molar-refractivity contribution is -0.136. The molecule has 4 rings (SSSR count). The monoisotopic (exact) mass is 447 g/mol.